The highest BCUT2D eigenvalue weighted by Gasteiger charge is 2.29. The predicted octanol–water partition coefficient (Wildman–Crippen LogP) is 4.13. The molecule has 0 aliphatic carbocycles. The molecule has 1 heterocycles. The molecule has 1 aliphatic heterocycles. The Morgan fingerprint density at radius 1 is 1.19 bits per heavy atom. The second kappa shape index (κ2) is 9.90. The molecule has 0 unspecified atom stereocenters. The van der Waals surface area contributed by atoms with Crippen molar-refractivity contribution in [1.29, 1.82) is 5.26 Å². The zero-order chi connectivity index (χ0) is 22.4. The first-order valence-electron chi connectivity index (χ1n) is 10.3. The first kappa shape index (κ1) is 22.0. The van der Waals surface area contributed by atoms with Crippen LogP contribution in [0.5, 0.6) is 5.75 Å². The van der Waals surface area contributed by atoms with Crippen LogP contribution in [0.1, 0.15) is 37.3 Å². The molecule has 0 radical (unpaired) electrons. The van der Waals surface area contributed by atoms with E-state index in [1.54, 1.807) is 24.3 Å². The molecule has 3 rings (SSSR count). The summed E-state index contributed by atoms with van der Waals surface area (Å²) in [6, 6.07) is 15.0. The van der Waals surface area contributed by atoms with Crippen LogP contribution in [0.4, 0.5) is 11.4 Å². The van der Waals surface area contributed by atoms with Gasteiger partial charge in [0.2, 0.25) is 5.91 Å². The second-order valence-electron chi connectivity index (χ2n) is 7.33. The lowest BCUT2D eigenvalue weighted by Gasteiger charge is -2.28. The smallest absolute Gasteiger partial charge is 0.274 e. The highest BCUT2D eigenvalue weighted by Crippen LogP contribution is 2.27. The number of carbonyl (C=O) groups is 2. The summed E-state index contributed by atoms with van der Waals surface area (Å²) in [4.78, 5) is 27.5. The van der Waals surface area contributed by atoms with Crippen molar-refractivity contribution in [3.05, 3.63) is 53.6 Å². The molecular weight excluding hydrogens is 392 g/mol. The average molecular weight is 418 g/mol. The molecule has 160 valence electrons. The third-order valence-electron chi connectivity index (χ3n) is 5.02. The molecule has 0 bridgehead atoms. The Labute approximate surface area is 182 Å². The van der Waals surface area contributed by atoms with Gasteiger partial charge in [-0.15, -0.1) is 0 Å². The topological polar surface area (TPSA) is 86.0 Å². The fourth-order valence-corrected chi connectivity index (χ4v) is 3.40. The first-order chi connectivity index (χ1) is 14.9. The number of amides is 2. The number of hydrogen-bond donors (Lipinski definition) is 0. The Balaban J connectivity index is 1.93. The molecule has 2 amide bonds. The van der Waals surface area contributed by atoms with Gasteiger partial charge < -0.3 is 9.64 Å². The van der Waals surface area contributed by atoms with Gasteiger partial charge in [-0.25, -0.2) is 5.01 Å². The monoisotopic (exact) mass is 418 g/mol. The predicted molar refractivity (Wildman–Crippen MR) is 120 cm³/mol. The molecule has 0 saturated carbocycles. The van der Waals surface area contributed by atoms with E-state index >= 15 is 0 Å². The van der Waals surface area contributed by atoms with E-state index in [-0.39, 0.29) is 37.6 Å². The number of nitrogens with zero attached hydrogens (tertiary/aromatic N) is 4. The molecule has 0 aromatic heterocycles. The maximum Gasteiger partial charge on any atom is 0.274 e. The van der Waals surface area contributed by atoms with Crippen molar-refractivity contribution in [1.82, 2.24) is 0 Å². The summed E-state index contributed by atoms with van der Waals surface area (Å²) < 4.78 is 5.47. The van der Waals surface area contributed by atoms with Crippen molar-refractivity contribution in [3.63, 3.8) is 0 Å². The minimum Gasteiger partial charge on any atom is -0.494 e. The number of carbonyl (C=O) groups excluding carboxylic acids is 2. The van der Waals surface area contributed by atoms with Crippen molar-refractivity contribution in [2.45, 2.75) is 40.0 Å². The number of aryl methyl sites for hydroxylation is 2. The largest absolute Gasteiger partial charge is 0.494 e. The van der Waals surface area contributed by atoms with Gasteiger partial charge >= 0.3 is 0 Å². The van der Waals surface area contributed by atoms with E-state index in [1.807, 2.05) is 39.0 Å². The van der Waals surface area contributed by atoms with Crippen LogP contribution in [0.3, 0.4) is 0 Å². The summed E-state index contributed by atoms with van der Waals surface area (Å²) in [6.45, 7) is 6.55. The summed E-state index contributed by atoms with van der Waals surface area (Å²) in [5, 5.41) is 14.8. The molecule has 0 atom stereocenters. The van der Waals surface area contributed by atoms with Crippen molar-refractivity contribution in [3.8, 4) is 11.8 Å². The van der Waals surface area contributed by atoms with Crippen LogP contribution in [0.15, 0.2) is 47.6 Å². The normalized spacial score (nSPS) is 13.4. The lowest BCUT2D eigenvalue weighted by atomic mass is 10.1. The third kappa shape index (κ3) is 5.10. The number of hydrazone groups is 1. The van der Waals surface area contributed by atoms with Crippen molar-refractivity contribution >= 4 is 28.9 Å². The molecule has 0 spiro atoms. The van der Waals surface area contributed by atoms with Gasteiger partial charge in [-0.3, -0.25) is 9.59 Å². The zero-order valence-electron chi connectivity index (χ0n) is 18.1. The lowest BCUT2D eigenvalue weighted by molar-refractivity contribution is -0.118. The Kier molecular flexibility index (Phi) is 7.03. The van der Waals surface area contributed by atoms with E-state index in [4.69, 9.17) is 10.00 Å². The summed E-state index contributed by atoms with van der Waals surface area (Å²) >= 11 is 0. The number of nitriles is 1. The van der Waals surface area contributed by atoms with Crippen LogP contribution in [-0.4, -0.2) is 30.7 Å². The fraction of sp³-hybridized carbons (Fsp3) is 0.333. The highest BCUT2D eigenvalue weighted by molar-refractivity contribution is 6.44. The number of ether oxygens (including phenoxy) is 1. The van der Waals surface area contributed by atoms with E-state index in [0.717, 1.165) is 11.1 Å². The number of anilines is 2. The number of benzene rings is 2. The minimum atomic E-state index is -0.304. The molecule has 0 N–H and O–H groups in total. The van der Waals surface area contributed by atoms with Gasteiger partial charge in [0.15, 0.2) is 0 Å². The van der Waals surface area contributed by atoms with Gasteiger partial charge in [0.05, 0.1) is 24.8 Å². The van der Waals surface area contributed by atoms with Gasteiger partial charge in [0.25, 0.3) is 5.91 Å². The van der Waals surface area contributed by atoms with Crippen LogP contribution in [0.25, 0.3) is 0 Å². The summed E-state index contributed by atoms with van der Waals surface area (Å²) in [5.74, 6) is 0.262. The Morgan fingerprint density at radius 2 is 1.94 bits per heavy atom. The number of rotatable bonds is 7. The summed E-state index contributed by atoms with van der Waals surface area (Å²) in [6.07, 6.45) is 0.651. The van der Waals surface area contributed by atoms with Crippen molar-refractivity contribution < 1.29 is 14.3 Å². The first-order valence-corrected chi connectivity index (χ1v) is 10.3. The molecule has 0 saturated heterocycles. The van der Waals surface area contributed by atoms with Crippen LogP contribution >= 0.6 is 0 Å². The van der Waals surface area contributed by atoms with Gasteiger partial charge in [-0.2, -0.15) is 10.4 Å². The molecule has 7 nitrogen and oxygen atoms in total. The maximum atomic E-state index is 13.4. The summed E-state index contributed by atoms with van der Waals surface area (Å²) in [5.41, 5.74) is 3.55. The maximum absolute atomic E-state index is 13.4. The van der Waals surface area contributed by atoms with E-state index in [0.29, 0.717) is 29.4 Å². The Bertz CT molecular complexity index is 1040. The Morgan fingerprint density at radius 3 is 2.61 bits per heavy atom. The summed E-state index contributed by atoms with van der Waals surface area (Å²) in [7, 11) is 0. The quantitative estimate of drug-likeness (QED) is 0.676. The molecule has 7 heteroatoms. The van der Waals surface area contributed by atoms with Crippen molar-refractivity contribution in [2.75, 3.05) is 23.1 Å². The molecular formula is C24H26N4O3. The molecule has 2 aromatic rings. The standard InChI is InChI=1S/C24H26N4O3/c1-4-31-20-10-8-19(9-11-20)27(15-5-14-25)24(30)21-12-13-23(29)28(26-21)22-16-17(2)6-7-18(22)3/h6-11,16H,4-5,12-13,15H2,1-3H3. The Hall–Kier alpha value is -3.66. The van der Waals surface area contributed by atoms with Crippen molar-refractivity contribution in [2.24, 2.45) is 5.10 Å². The van der Waals surface area contributed by atoms with E-state index in [9.17, 15) is 9.59 Å². The fourth-order valence-electron chi connectivity index (χ4n) is 3.40. The minimum absolute atomic E-state index is 0.144. The SMILES string of the molecule is CCOc1ccc(N(CCC#N)C(=O)C2=NN(c3cc(C)ccc3C)C(=O)CC2)cc1. The second-order valence-corrected chi connectivity index (χ2v) is 7.33. The highest BCUT2D eigenvalue weighted by atomic mass is 16.5. The van der Waals surface area contributed by atoms with Gasteiger partial charge in [-0.1, -0.05) is 12.1 Å². The van der Waals surface area contributed by atoms with Crippen LogP contribution in [-0.2, 0) is 9.59 Å². The number of hydrogen-bond acceptors (Lipinski definition) is 5. The van der Waals surface area contributed by atoms with Crippen LogP contribution < -0.4 is 14.6 Å². The van der Waals surface area contributed by atoms with E-state index < -0.39 is 0 Å². The van der Waals surface area contributed by atoms with E-state index in [2.05, 4.69) is 11.2 Å². The molecule has 2 aromatic carbocycles. The van der Waals surface area contributed by atoms with Gasteiger partial charge in [0, 0.05) is 25.1 Å². The molecule has 31 heavy (non-hydrogen) atoms. The van der Waals surface area contributed by atoms with Crippen LogP contribution in [0.2, 0.25) is 0 Å². The van der Waals surface area contributed by atoms with Gasteiger partial charge in [0.1, 0.15) is 11.5 Å². The van der Waals surface area contributed by atoms with Crippen LogP contribution in [0, 0.1) is 25.2 Å². The van der Waals surface area contributed by atoms with Gasteiger partial charge in [-0.05, 0) is 62.2 Å². The third-order valence-corrected chi connectivity index (χ3v) is 5.02. The average Bonchev–Trinajstić information content (AvgIpc) is 2.77. The zero-order valence-corrected chi connectivity index (χ0v) is 18.1. The molecule has 0 fully saturated rings. The van der Waals surface area contributed by atoms with E-state index in [1.165, 1.54) is 9.91 Å². The lowest BCUT2D eigenvalue weighted by Crippen LogP contribution is -2.42. The molecule has 1 aliphatic rings.